The van der Waals surface area contributed by atoms with Crippen LogP contribution < -0.4 is 10.3 Å². The van der Waals surface area contributed by atoms with E-state index in [4.69, 9.17) is 17.0 Å². The highest BCUT2D eigenvalue weighted by molar-refractivity contribution is 7.71. The summed E-state index contributed by atoms with van der Waals surface area (Å²) in [5.74, 6) is 0.480. The molecule has 1 aliphatic rings. The molecule has 1 aromatic carbocycles. The number of aromatic nitrogens is 2. The lowest BCUT2D eigenvalue weighted by atomic mass is 10.1. The molecule has 2 heterocycles. The second kappa shape index (κ2) is 6.54. The number of hydrogen-bond donors (Lipinski definition) is 2. The van der Waals surface area contributed by atoms with Gasteiger partial charge in [0.2, 0.25) is 0 Å². The fourth-order valence-electron chi connectivity index (χ4n) is 2.88. The van der Waals surface area contributed by atoms with E-state index in [1.807, 2.05) is 0 Å². The summed E-state index contributed by atoms with van der Waals surface area (Å²) < 4.78 is 5.59. The summed E-state index contributed by atoms with van der Waals surface area (Å²) in [5.41, 5.74) is 2.26. The molecule has 9 heteroatoms. The van der Waals surface area contributed by atoms with Gasteiger partial charge in [-0.1, -0.05) is 0 Å². The van der Waals surface area contributed by atoms with Crippen molar-refractivity contribution in [1.29, 1.82) is 0 Å². The molecule has 2 aromatic rings. The van der Waals surface area contributed by atoms with Crippen molar-refractivity contribution in [1.82, 2.24) is 14.9 Å². The zero-order valence-electron chi connectivity index (χ0n) is 13.0. The van der Waals surface area contributed by atoms with Crippen molar-refractivity contribution in [2.75, 3.05) is 13.7 Å². The molecular formula is C15H16N4O4S. The van der Waals surface area contributed by atoms with Crippen LogP contribution in [0, 0.1) is 14.9 Å². The summed E-state index contributed by atoms with van der Waals surface area (Å²) in [6, 6.07) is 4.59. The molecule has 24 heavy (non-hydrogen) atoms. The highest BCUT2D eigenvalue weighted by Crippen LogP contribution is 2.27. The number of H-pyrrole nitrogens is 2. The number of benzene rings is 1. The molecule has 126 valence electrons. The molecule has 8 nitrogen and oxygen atoms in total. The quantitative estimate of drug-likeness (QED) is 0.497. The SMILES string of the molecule is COc1cc([N+](=O)[O-])ccc1CN1CCc2c([nH]c(=S)[nH]c2=O)C1. The van der Waals surface area contributed by atoms with Gasteiger partial charge in [0.15, 0.2) is 4.77 Å². The van der Waals surface area contributed by atoms with Crippen molar-refractivity contribution in [3.8, 4) is 5.75 Å². The number of aromatic amines is 2. The summed E-state index contributed by atoms with van der Waals surface area (Å²) in [6.07, 6.45) is 0.617. The van der Waals surface area contributed by atoms with E-state index < -0.39 is 4.92 Å². The van der Waals surface area contributed by atoms with Gasteiger partial charge in [0.05, 0.1) is 18.1 Å². The van der Waals surface area contributed by atoms with E-state index in [1.54, 1.807) is 6.07 Å². The predicted molar refractivity (Wildman–Crippen MR) is 89.7 cm³/mol. The minimum Gasteiger partial charge on any atom is -0.496 e. The number of nitrogens with one attached hydrogen (secondary N) is 2. The molecule has 3 rings (SSSR count). The molecule has 0 spiro atoms. The first-order valence-electron chi connectivity index (χ1n) is 7.36. The van der Waals surface area contributed by atoms with Crippen LogP contribution in [-0.2, 0) is 19.5 Å². The number of non-ortho nitro benzene ring substituents is 1. The summed E-state index contributed by atoms with van der Waals surface area (Å²) in [6.45, 7) is 1.83. The van der Waals surface area contributed by atoms with Crippen molar-refractivity contribution in [2.45, 2.75) is 19.5 Å². The highest BCUT2D eigenvalue weighted by Gasteiger charge is 2.21. The zero-order valence-corrected chi connectivity index (χ0v) is 13.8. The summed E-state index contributed by atoms with van der Waals surface area (Å²) >= 11 is 5.02. The molecule has 0 bridgehead atoms. The maximum Gasteiger partial charge on any atom is 0.273 e. The number of methoxy groups -OCH3 is 1. The van der Waals surface area contributed by atoms with E-state index in [-0.39, 0.29) is 11.2 Å². The van der Waals surface area contributed by atoms with Gasteiger partial charge in [-0.3, -0.25) is 24.8 Å². The standard InChI is InChI=1S/C15H16N4O4S/c1-23-13-6-10(19(21)22)3-2-9(13)7-18-5-4-11-12(8-18)16-15(24)17-14(11)20/h2-3,6H,4-5,7-8H2,1H3,(H2,16,17,20,24). The molecule has 0 radical (unpaired) electrons. The molecule has 1 aromatic heterocycles. The zero-order chi connectivity index (χ0) is 17.3. The lowest BCUT2D eigenvalue weighted by molar-refractivity contribution is -0.384. The van der Waals surface area contributed by atoms with E-state index in [0.717, 1.165) is 16.8 Å². The number of ether oxygens (including phenoxy) is 1. The van der Waals surface area contributed by atoms with Gasteiger partial charge < -0.3 is 9.72 Å². The van der Waals surface area contributed by atoms with Gasteiger partial charge in [0.25, 0.3) is 11.2 Å². The monoisotopic (exact) mass is 348 g/mol. The molecule has 0 fully saturated rings. The fraction of sp³-hybridized carbons (Fsp3) is 0.333. The van der Waals surface area contributed by atoms with Crippen LogP contribution in [0.15, 0.2) is 23.0 Å². The Balaban J connectivity index is 1.84. The third kappa shape index (κ3) is 3.22. The van der Waals surface area contributed by atoms with Gasteiger partial charge in [-0.05, 0) is 24.7 Å². The molecule has 0 aliphatic carbocycles. The van der Waals surface area contributed by atoms with E-state index >= 15 is 0 Å². The van der Waals surface area contributed by atoms with Crippen LogP contribution in [0.4, 0.5) is 5.69 Å². The first-order chi connectivity index (χ1) is 11.5. The third-order valence-corrected chi connectivity index (χ3v) is 4.27. The molecule has 0 saturated heterocycles. The number of fused-ring (bicyclic) bond motifs is 1. The molecule has 2 N–H and O–H groups in total. The van der Waals surface area contributed by atoms with Gasteiger partial charge in [-0.2, -0.15) is 0 Å². The Kier molecular flexibility index (Phi) is 4.45. The van der Waals surface area contributed by atoms with Crippen molar-refractivity contribution >= 4 is 17.9 Å². The molecule has 0 saturated carbocycles. The lowest BCUT2D eigenvalue weighted by Crippen LogP contribution is -2.34. The average molecular weight is 348 g/mol. The van der Waals surface area contributed by atoms with Crippen LogP contribution >= 0.6 is 12.2 Å². The first-order valence-corrected chi connectivity index (χ1v) is 7.77. The average Bonchev–Trinajstić information content (AvgIpc) is 2.54. The van der Waals surface area contributed by atoms with Crippen molar-refractivity contribution in [2.24, 2.45) is 0 Å². The Labute approximate surface area is 142 Å². The maximum absolute atomic E-state index is 11.9. The molecule has 0 amide bonds. The van der Waals surface area contributed by atoms with Gasteiger partial charge in [-0.25, -0.2) is 0 Å². The summed E-state index contributed by atoms with van der Waals surface area (Å²) in [5, 5.41) is 10.9. The second-order valence-electron chi connectivity index (χ2n) is 5.58. The van der Waals surface area contributed by atoms with Crippen molar-refractivity contribution in [3.05, 3.63) is 60.3 Å². The largest absolute Gasteiger partial charge is 0.496 e. The van der Waals surface area contributed by atoms with E-state index in [1.165, 1.54) is 19.2 Å². The second-order valence-corrected chi connectivity index (χ2v) is 5.99. The Morgan fingerprint density at radius 1 is 1.42 bits per heavy atom. The molecule has 0 atom stereocenters. The van der Waals surface area contributed by atoms with Crippen LogP contribution in [0.25, 0.3) is 0 Å². The van der Waals surface area contributed by atoms with Crippen LogP contribution in [-0.4, -0.2) is 33.4 Å². The van der Waals surface area contributed by atoms with Gasteiger partial charge in [0.1, 0.15) is 5.75 Å². The normalized spacial score (nSPS) is 14.2. The van der Waals surface area contributed by atoms with Gasteiger partial charge in [-0.15, -0.1) is 0 Å². The maximum atomic E-state index is 11.9. The first kappa shape index (κ1) is 16.3. The van der Waals surface area contributed by atoms with Crippen LogP contribution in [0.2, 0.25) is 0 Å². The van der Waals surface area contributed by atoms with Gasteiger partial charge in [0, 0.05) is 42.5 Å². The Bertz CT molecular complexity index is 905. The minimum atomic E-state index is -0.449. The number of nitro benzene ring substituents is 1. The molecule has 1 aliphatic heterocycles. The lowest BCUT2D eigenvalue weighted by Gasteiger charge is -2.28. The predicted octanol–water partition coefficient (Wildman–Crippen LogP) is 1.91. The van der Waals surface area contributed by atoms with Gasteiger partial charge >= 0.3 is 0 Å². The number of rotatable bonds is 4. The summed E-state index contributed by atoms with van der Waals surface area (Å²) in [4.78, 5) is 30.1. The summed E-state index contributed by atoms with van der Waals surface area (Å²) in [7, 11) is 1.49. The van der Waals surface area contributed by atoms with Crippen molar-refractivity contribution in [3.63, 3.8) is 0 Å². The Morgan fingerprint density at radius 2 is 2.21 bits per heavy atom. The van der Waals surface area contributed by atoms with Crippen LogP contribution in [0.3, 0.4) is 0 Å². The Morgan fingerprint density at radius 3 is 2.92 bits per heavy atom. The van der Waals surface area contributed by atoms with E-state index in [2.05, 4.69) is 14.9 Å². The minimum absolute atomic E-state index is 0.00444. The van der Waals surface area contributed by atoms with E-state index in [9.17, 15) is 14.9 Å². The Hall–Kier alpha value is -2.52. The van der Waals surface area contributed by atoms with Crippen LogP contribution in [0.1, 0.15) is 16.8 Å². The smallest absolute Gasteiger partial charge is 0.273 e. The number of nitrogens with zero attached hydrogens (tertiary/aromatic N) is 2. The number of nitro groups is 1. The highest BCUT2D eigenvalue weighted by atomic mass is 32.1. The fourth-order valence-corrected chi connectivity index (χ4v) is 3.10. The van der Waals surface area contributed by atoms with Crippen molar-refractivity contribution < 1.29 is 9.66 Å². The van der Waals surface area contributed by atoms with Crippen LogP contribution in [0.5, 0.6) is 5.75 Å². The van der Waals surface area contributed by atoms with E-state index in [0.29, 0.717) is 36.6 Å². The molecular weight excluding hydrogens is 332 g/mol. The third-order valence-electron chi connectivity index (χ3n) is 4.07. The molecule has 0 unspecified atom stereocenters. The topological polar surface area (TPSA) is 104 Å². The number of hydrogen-bond acceptors (Lipinski definition) is 6.